The van der Waals surface area contributed by atoms with Gasteiger partial charge in [0.25, 0.3) is 0 Å². The molecule has 0 aliphatic heterocycles. The molecule has 4 atom stereocenters. The summed E-state index contributed by atoms with van der Waals surface area (Å²) < 4.78 is 0. The Morgan fingerprint density at radius 2 is 1.43 bits per heavy atom. The highest BCUT2D eigenvalue weighted by molar-refractivity contribution is 7.98. The van der Waals surface area contributed by atoms with Crippen LogP contribution in [0.3, 0.4) is 0 Å². The van der Waals surface area contributed by atoms with Gasteiger partial charge in [0, 0.05) is 6.42 Å². The number of amides is 3. The van der Waals surface area contributed by atoms with Crippen molar-refractivity contribution in [3.8, 4) is 0 Å². The fourth-order valence-electron chi connectivity index (χ4n) is 3.05. The third kappa shape index (κ3) is 10.8. The Balaban J connectivity index is 3.12. The number of aliphatic carboxylic acids is 2. The zero-order chi connectivity index (χ0) is 26.5. The molecule has 11 nitrogen and oxygen atoms in total. The molecular formula is C23H34N4O7S. The molecule has 3 amide bonds. The number of carboxylic acid groups (broad SMARTS) is 2. The van der Waals surface area contributed by atoms with Gasteiger partial charge in [-0.15, -0.1) is 0 Å². The molecule has 0 bridgehead atoms. The largest absolute Gasteiger partial charge is 0.481 e. The average Bonchev–Trinajstić information content (AvgIpc) is 2.80. The molecule has 1 rings (SSSR count). The molecule has 0 aliphatic carbocycles. The van der Waals surface area contributed by atoms with Gasteiger partial charge in [0.2, 0.25) is 17.7 Å². The molecule has 1 aromatic carbocycles. The predicted molar refractivity (Wildman–Crippen MR) is 132 cm³/mol. The maximum Gasteiger partial charge on any atom is 0.326 e. The summed E-state index contributed by atoms with van der Waals surface area (Å²) in [5, 5.41) is 25.9. The maximum atomic E-state index is 13.0. The monoisotopic (exact) mass is 510 g/mol. The molecule has 194 valence electrons. The second-order valence-electron chi connectivity index (χ2n) is 8.36. The Bertz CT molecular complexity index is 882. The summed E-state index contributed by atoms with van der Waals surface area (Å²) in [5.74, 6) is -4.65. The summed E-state index contributed by atoms with van der Waals surface area (Å²) in [6, 6.07) is 3.89. The van der Waals surface area contributed by atoms with E-state index in [4.69, 9.17) is 5.73 Å². The fraction of sp³-hybridized carbons (Fsp3) is 0.522. The summed E-state index contributed by atoms with van der Waals surface area (Å²) >= 11 is 1.43. The molecular weight excluding hydrogens is 476 g/mol. The van der Waals surface area contributed by atoms with Crippen molar-refractivity contribution in [3.05, 3.63) is 35.9 Å². The number of thioether (sulfide) groups is 1. The number of rotatable bonds is 15. The van der Waals surface area contributed by atoms with E-state index in [1.54, 1.807) is 50.4 Å². The van der Waals surface area contributed by atoms with Crippen LogP contribution in [-0.4, -0.2) is 76.0 Å². The molecule has 0 saturated carbocycles. The van der Waals surface area contributed by atoms with Gasteiger partial charge in [0.1, 0.15) is 18.1 Å². The summed E-state index contributed by atoms with van der Waals surface area (Å²) in [7, 11) is 0. The van der Waals surface area contributed by atoms with Crippen molar-refractivity contribution in [3.63, 3.8) is 0 Å². The minimum atomic E-state index is -1.48. The van der Waals surface area contributed by atoms with Gasteiger partial charge < -0.3 is 31.9 Å². The van der Waals surface area contributed by atoms with Crippen LogP contribution in [0.2, 0.25) is 0 Å². The van der Waals surface area contributed by atoms with E-state index in [1.165, 1.54) is 11.8 Å². The first-order valence-electron chi connectivity index (χ1n) is 11.1. The van der Waals surface area contributed by atoms with Gasteiger partial charge in [-0.05, 0) is 29.9 Å². The van der Waals surface area contributed by atoms with Crippen molar-refractivity contribution in [1.82, 2.24) is 16.0 Å². The van der Waals surface area contributed by atoms with Crippen molar-refractivity contribution in [2.24, 2.45) is 11.7 Å². The van der Waals surface area contributed by atoms with Crippen molar-refractivity contribution in [2.75, 3.05) is 12.0 Å². The van der Waals surface area contributed by atoms with Crippen molar-refractivity contribution in [1.29, 1.82) is 0 Å². The molecule has 4 unspecified atom stereocenters. The fourth-order valence-corrected chi connectivity index (χ4v) is 3.52. The number of carbonyl (C=O) groups is 5. The van der Waals surface area contributed by atoms with E-state index in [0.717, 1.165) is 0 Å². The Labute approximate surface area is 208 Å². The zero-order valence-electron chi connectivity index (χ0n) is 20.0. The molecule has 1 aromatic rings. The second-order valence-corrected chi connectivity index (χ2v) is 9.35. The van der Waals surface area contributed by atoms with Crippen LogP contribution in [0, 0.1) is 5.92 Å². The summed E-state index contributed by atoms with van der Waals surface area (Å²) in [6.07, 6.45) is 1.28. The van der Waals surface area contributed by atoms with E-state index < -0.39 is 60.2 Å². The number of hydrogen-bond donors (Lipinski definition) is 6. The van der Waals surface area contributed by atoms with Crippen LogP contribution in [0.15, 0.2) is 30.3 Å². The number of carbonyl (C=O) groups excluding carboxylic acids is 3. The quantitative estimate of drug-likeness (QED) is 0.188. The summed E-state index contributed by atoms with van der Waals surface area (Å²) in [4.78, 5) is 61.2. The SMILES string of the molecule is CSCCC(NC(=O)C(Cc1ccccc1)NC(=O)C(CC(=O)O)NC(=O)C(N)C(C)C)C(=O)O. The standard InChI is InChI=1S/C23H34N4O7S/c1-13(2)19(24)22(32)27-17(12-18(28)29)21(31)26-16(11-14-7-5-4-6-8-14)20(30)25-15(23(33)34)9-10-35-3/h4-8,13,15-17,19H,9-12,24H2,1-3H3,(H,25,30)(H,26,31)(H,27,32)(H,28,29)(H,33,34). The molecule has 7 N–H and O–H groups in total. The molecule has 0 saturated heterocycles. The van der Waals surface area contributed by atoms with Gasteiger partial charge in [0.15, 0.2) is 0 Å². The lowest BCUT2D eigenvalue weighted by atomic mass is 10.0. The van der Waals surface area contributed by atoms with E-state index in [0.29, 0.717) is 11.3 Å². The third-order valence-electron chi connectivity index (χ3n) is 5.17. The first-order valence-corrected chi connectivity index (χ1v) is 12.5. The molecule has 0 radical (unpaired) electrons. The van der Waals surface area contributed by atoms with E-state index in [1.807, 2.05) is 0 Å². The summed E-state index contributed by atoms with van der Waals surface area (Å²) in [6.45, 7) is 3.40. The number of benzene rings is 1. The third-order valence-corrected chi connectivity index (χ3v) is 5.82. The van der Waals surface area contributed by atoms with Crippen LogP contribution in [-0.2, 0) is 30.4 Å². The lowest BCUT2D eigenvalue weighted by molar-refractivity contribution is -0.143. The zero-order valence-corrected chi connectivity index (χ0v) is 20.8. The molecule has 0 aromatic heterocycles. The highest BCUT2D eigenvalue weighted by Gasteiger charge is 2.32. The van der Waals surface area contributed by atoms with Gasteiger partial charge in [-0.2, -0.15) is 11.8 Å². The Hall–Kier alpha value is -3.12. The van der Waals surface area contributed by atoms with Crippen molar-refractivity contribution < 1.29 is 34.2 Å². The van der Waals surface area contributed by atoms with E-state index in [2.05, 4.69) is 16.0 Å². The van der Waals surface area contributed by atoms with Gasteiger partial charge in [-0.3, -0.25) is 19.2 Å². The number of nitrogens with one attached hydrogen (secondary N) is 3. The molecule has 0 spiro atoms. The molecule has 0 aliphatic rings. The average molecular weight is 511 g/mol. The first kappa shape index (κ1) is 29.9. The molecule has 0 heterocycles. The molecule has 12 heteroatoms. The van der Waals surface area contributed by atoms with Crippen molar-refractivity contribution in [2.45, 2.75) is 57.3 Å². The molecule has 0 fully saturated rings. The normalized spacial score (nSPS) is 14.3. The van der Waals surface area contributed by atoms with Crippen LogP contribution >= 0.6 is 11.8 Å². The second kappa shape index (κ2) is 15.0. The lowest BCUT2D eigenvalue weighted by Gasteiger charge is -2.25. The summed E-state index contributed by atoms with van der Waals surface area (Å²) in [5.41, 5.74) is 6.49. The lowest BCUT2D eigenvalue weighted by Crippen LogP contribution is -2.58. The minimum absolute atomic E-state index is 0.0204. The topological polar surface area (TPSA) is 188 Å². The predicted octanol–water partition coefficient (Wildman–Crippen LogP) is -0.0208. The number of carboxylic acids is 2. The van der Waals surface area contributed by atoms with Crippen LogP contribution in [0.4, 0.5) is 0 Å². The number of nitrogens with two attached hydrogens (primary N) is 1. The molecule has 35 heavy (non-hydrogen) atoms. The van der Waals surface area contributed by atoms with Gasteiger partial charge in [-0.1, -0.05) is 44.2 Å². The van der Waals surface area contributed by atoms with Gasteiger partial charge in [-0.25, -0.2) is 4.79 Å². The van der Waals surface area contributed by atoms with Gasteiger partial charge in [0.05, 0.1) is 12.5 Å². The van der Waals surface area contributed by atoms with E-state index in [-0.39, 0.29) is 18.8 Å². The highest BCUT2D eigenvalue weighted by atomic mass is 32.2. The Kier molecular flexibility index (Phi) is 12.8. The Morgan fingerprint density at radius 1 is 0.886 bits per heavy atom. The van der Waals surface area contributed by atoms with Gasteiger partial charge >= 0.3 is 11.9 Å². The van der Waals surface area contributed by atoms with Crippen LogP contribution in [0.25, 0.3) is 0 Å². The highest BCUT2D eigenvalue weighted by Crippen LogP contribution is 2.08. The van der Waals surface area contributed by atoms with Crippen LogP contribution in [0.5, 0.6) is 0 Å². The Morgan fingerprint density at radius 3 is 1.94 bits per heavy atom. The first-order chi connectivity index (χ1) is 16.5. The maximum absolute atomic E-state index is 13.0. The van der Waals surface area contributed by atoms with E-state index >= 15 is 0 Å². The van der Waals surface area contributed by atoms with E-state index in [9.17, 15) is 34.2 Å². The minimum Gasteiger partial charge on any atom is -0.481 e. The van der Waals surface area contributed by atoms with Crippen LogP contribution < -0.4 is 21.7 Å². The number of hydrogen-bond acceptors (Lipinski definition) is 7. The smallest absolute Gasteiger partial charge is 0.326 e. The van der Waals surface area contributed by atoms with Crippen LogP contribution in [0.1, 0.15) is 32.3 Å². The van der Waals surface area contributed by atoms with Crippen molar-refractivity contribution >= 4 is 41.4 Å².